The average Bonchev–Trinajstić information content (AvgIpc) is 3.89. The second kappa shape index (κ2) is 12.9. The Morgan fingerprint density at radius 1 is 0.328 bits per heavy atom. The van der Waals surface area contributed by atoms with Crippen molar-refractivity contribution in [2.45, 2.75) is 110 Å². The van der Waals surface area contributed by atoms with Gasteiger partial charge in [0.25, 0.3) is 0 Å². The minimum atomic E-state index is -0.175. The third-order valence-corrected chi connectivity index (χ3v) is 16.8. The molecular weight excluding hydrogens is 809 g/mol. The van der Waals surface area contributed by atoms with Gasteiger partial charge >= 0.3 is 0 Å². The van der Waals surface area contributed by atoms with Crippen LogP contribution in [0.3, 0.4) is 0 Å². The first-order valence-corrected chi connectivity index (χ1v) is 24.5. The van der Waals surface area contributed by atoms with E-state index >= 15 is 0 Å². The van der Waals surface area contributed by atoms with Crippen LogP contribution in [0, 0.1) is 0 Å². The van der Waals surface area contributed by atoms with E-state index in [1.165, 1.54) is 133 Å². The fourth-order valence-corrected chi connectivity index (χ4v) is 12.8. The maximum absolute atomic E-state index is 2.54. The molecule has 13 rings (SSSR count). The van der Waals surface area contributed by atoms with Crippen molar-refractivity contribution in [3.05, 3.63) is 190 Å². The van der Waals surface area contributed by atoms with Crippen molar-refractivity contribution in [3.8, 4) is 44.8 Å². The number of aromatic nitrogens is 2. The van der Waals surface area contributed by atoms with Crippen LogP contribution in [0.5, 0.6) is 0 Å². The monoisotopic (exact) mass is 868 g/mol. The number of hydrogen-bond acceptors (Lipinski definition) is 0. The van der Waals surface area contributed by atoms with Gasteiger partial charge in [-0.2, -0.15) is 0 Å². The van der Waals surface area contributed by atoms with Crippen molar-refractivity contribution in [3.63, 3.8) is 0 Å². The topological polar surface area (TPSA) is 9.86 Å². The van der Waals surface area contributed by atoms with Crippen molar-refractivity contribution in [1.82, 2.24) is 9.13 Å². The summed E-state index contributed by atoms with van der Waals surface area (Å²) in [4.78, 5) is 0. The molecule has 2 aromatic heterocycles. The van der Waals surface area contributed by atoms with Gasteiger partial charge in [-0.3, -0.25) is 0 Å². The smallest absolute Gasteiger partial charge is 0.0582 e. The summed E-state index contributed by atoms with van der Waals surface area (Å²) in [6.07, 6.45) is 0. The molecule has 0 fully saturated rings. The summed E-state index contributed by atoms with van der Waals surface area (Å²) < 4.78 is 5.09. The predicted molar refractivity (Wildman–Crippen MR) is 285 cm³/mol. The number of hydrogen-bond donors (Lipinski definition) is 0. The molecule has 10 aromatic rings. The lowest BCUT2D eigenvalue weighted by molar-refractivity contribution is 0.581. The fourth-order valence-electron chi connectivity index (χ4n) is 12.8. The Morgan fingerprint density at radius 2 is 0.687 bits per heavy atom. The second-order valence-corrected chi connectivity index (χ2v) is 23.9. The lowest BCUT2D eigenvalue weighted by atomic mass is 9.72. The van der Waals surface area contributed by atoms with E-state index in [9.17, 15) is 0 Å². The SMILES string of the molecule is CC(C)(C)c1cc2c3c(c1)c1cc(-c4ccc5c(c4)C(C)(C)c4cc(-c6ccc7c(c6)c6cc(C(C)(C)C)cc8c6n7-c6ccccc6C8(C)C)ccc4-5)ccc1n3-c1ccccc1C2(C)C. The first-order valence-electron chi connectivity index (χ1n) is 24.5. The van der Waals surface area contributed by atoms with Crippen molar-refractivity contribution in [2.24, 2.45) is 0 Å². The number of benzene rings is 8. The van der Waals surface area contributed by atoms with E-state index in [4.69, 9.17) is 0 Å². The van der Waals surface area contributed by atoms with Gasteiger partial charge < -0.3 is 9.13 Å². The largest absolute Gasteiger partial charge is 0.309 e. The summed E-state index contributed by atoms with van der Waals surface area (Å²) in [5.74, 6) is 0. The highest BCUT2D eigenvalue weighted by atomic mass is 15.0. The Balaban J connectivity index is 0.931. The number of nitrogens with zero attached hydrogens (tertiary/aromatic N) is 2. The van der Waals surface area contributed by atoms with Gasteiger partial charge in [0.05, 0.1) is 33.4 Å². The number of rotatable bonds is 2. The van der Waals surface area contributed by atoms with Crippen molar-refractivity contribution < 1.29 is 0 Å². The summed E-state index contributed by atoms with van der Waals surface area (Å²) in [5.41, 5.74) is 26.4. The van der Waals surface area contributed by atoms with E-state index in [-0.39, 0.29) is 27.1 Å². The molecule has 0 radical (unpaired) electrons. The molecule has 67 heavy (non-hydrogen) atoms. The van der Waals surface area contributed by atoms with Crippen LogP contribution < -0.4 is 0 Å². The molecule has 4 heterocycles. The van der Waals surface area contributed by atoms with Crippen molar-refractivity contribution in [1.29, 1.82) is 0 Å². The van der Waals surface area contributed by atoms with E-state index in [0.29, 0.717) is 0 Å². The maximum atomic E-state index is 2.54. The van der Waals surface area contributed by atoms with Crippen LogP contribution in [0.25, 0.3) is 88.4 Å². The van der Waals surface area contributed by atoms with Crippen LogP contribution in [0.2, 0.25) is 0 Å². The van der Waals surface area contributed by atoms with Gasteiger partial charge in [0.15, 0.2) is 0 Å². The maximum Gasteiger partial charge on any atom is 0.0582 e. The van der Waals surface area contributed by atoms with Gasteiger partial charge in [0.2, 0.25) is 0 Å². The minimum absolute atomic E-state index is 0.0222. The van der Waals surface area contributed by atoms with E-state index < -0.39 is 0 Å². The molecule has 0 saturated carbocycles. The van der Waals surface area contributed by atoms with Crippen LogP contribution in [0.4, 0.5) is 0 Å². The Morgan fingerprint density at radius 3 is 1.09 bits per heavy atom. The fraction of sp³-hybridized carbons (Fsp3) is 0.262. The molecular formula is C65H60N2. The normalized spacial score (nSPS) is 16.1. The van der Waals surface area contributed by atoms with Crippen LogP contribution in [-0.2, 0) is 27.1 Å². The molecule has 2 nitrogen and oxygen atoms in total. The molecule has 1 aliphatic carbocycles. The zero-order valence-electron chi connectivity index (χ0n) is 41.3. The van der Waals surface area contributed by atoms with Gasteiger partial charge in [0.1, 0.15) is 0 Å². The quantitative estimate of drug-likeness (QED) is 0.164. The lowest BCUT2D eigenvalue weighted by Crippen LogP contribution is -2.27. The Bertz CT molecular complexity index is 3590. The summed E-state index contributed by atoms with van der Waals surface area (Å²) in [7, 11) is 0. The average molecular weight is 869 g/mol. The highest BCUT2D eigenvalue weighted by Gasteiger charge is 2.39. The minimum Gasteiger partial charge on any atom is -0.309 e. The third kappa shape index (κ3) is 5.33. The summed E-state index contributed by atoms with van der Waals surface area (Å²) >= 11 is 0. The molecule has 0 N–H and O–H groups in total. The molecule has 0 atom stereocenters. The van der Waals surface area contributed by atoms with E-state index in [1.54, 1.807) is 0 Å². The van der Waals surface area contributed by atoms with Crippen molar-refractivity contribution >= 4 is 43.6 Å². The third-order valence-electron chi connectivity index (χ3n) is 16.8. The number of para-hydroxylation sites is 2. The van der Waals surface area contributed by atoms with Crippen LogP contribution in [-0.4, -0.2) is 9.13 Å². The molecule has 2 heteroatoms. The summed E-state index contributed by atoms with van der Waals surface area (Å²) in [6, 6.07) is 56.9. The summed E-state index contributed by atoms with van der Waals surface area (Å²) in [6.45, 7) is 28.5. The molecule has 0 bridgehead atoms. The van der Waals surface area contributed by atoms with Gasteiger partial charge in [-0.1, -0.05) is 168 Å². The van der Waals surface area contributed by atoms with Gasteiger partial charge in [-0.05, 0) is 149 Å². The second-order valence-electron chi connectivity index (χ2n) is 23.9. The van der Waals surface area contributed by atoms with Crippen molar-refractivity contribution in [2.75, 3.05) is 0 Å². The molecule has 330 valence electrons. The highest BCUT2D eigenvalue weighted by Crippen LogP contribution is 2.54. The lowest BCUT2D eigenvalue weighted by Gasteiger charge is -2.36. The molecule has 0 unspecified atom stereocenters. The molecule has 0 amide bonds. The van der Waals surface area contributed by atoms with Gasteiger partial charge in [0, 0.05) is 37.8 Å². The number of fused-ring (bicyclic) bond motifs is 13. The first kappa shape index (κ1) is 40.6. The molecule has 8 aromatic carbocycles. The molecule has 2 aliphatic heterocycles. The van der Waals surface area contributed by atoms with Crippen LogP contribution in [0.15, 0.2) is 146 Å². The van der Waals surface area contributed by atoms with Gasteiger partial charge in [-0.15, -0.1) is 0 Å². The Hall–Kier alpha value is -6.64. The standard InChI is InChI=1S/C65H60N2/c1-61(2,3)41-33-47-45-29-37(23-27-55(45)66-57-19-15-13-17-49(57)63(7,8)53(35-41)59(47)66)39-21-25-43-44-26-22-40(32-52(44)65(11,12)51(43)31-39)38-24-28-56-46(30-38)48-34-42(62(4,5)6)36-54-60(48)67(56)58-20-16-14-18-50(58)64(54,9)10/h13-36H,1-12H3. The predicted octanol–water partition coefficient (Wildman–Crippen LogP) is 17.4. The molecule has 3 aliphatic rings. The van der Waals surface area contributed by atoms with Crippen LogP contribution >= 0.6 is 0 Å². The van der Waals surface area contributed by atoms with E-state index in [0.717, 1.165) is 0 Å². The molecule has 0 spiro atoms. The highest BCUT2D eigenvalue weighted by molar-refractivity contribution is 6.14. The Kier molecular flexibility index (Phi) is 7.80. The van der Waals surface area contributed by atoms with E-state index in [2.05, 4.69) is 238 Å². The van der Waals surface area contributed by atoms with E-state index in [1.807, 2.05) is 0 Å². The summed E-state index contributed by atoms with van der Waals surface area (Å²) in [5, 5.41) is 5.34. The zero-order chi connectivity index (χ0) is 46.5. The first-order chi connectivity index (χ1) is 31.7. The van der Waals surface area contributed by atoms with Crippen LogP contribution in [0.1, 0.15) is 128 Å². The van der Waals surface area contributed by atoms with Gasteiger partial charge in [-0.25, -0.2) is 0 Å². The Labute approximate surface area is 395 Å². The zero-order valence-corrected chi connectivity index (χ0v) is 41.3. The molecule has 0 saturated heterocycles.